The quantitative estimate of drug-likeness (QED) is 0.274. The highest BCUT2D eigenvalue weighted by molar-refractivity contribution is 5.96. The minimum absolute atomic E-state index is 0.137. The summed E-state index contributed by atoms with van der Waals surface area (Å²) in [5, 5.41) is 23.6. The van der Waals surface area contributed by atoms with Crippen LogP contribution in [0.2, 0.25) is 0 Å². The van der Waals surface area contributed by atoms with Gasteiger partial charge in [-0.15, -0.1) is 0 Å². The third-order valence-corrected chi connectivity index (χ3v) is 4.11. The van der Waals surface area contributed by atoms with Gasteiger partial charge in [-0.1, -0.05) is 20.3 Å². The van der Waals surface area contributed by atoms with Crippen molar-refractivity contribution in [2.75, 3.05) is 6.61 Å². The van der Waals surface area contributed by atoms with E-state index in [4.69, 9.17) is 9.47 Å². The fraction of sp³-hybridized carbons (Fsp3) is 0.750. The van der Waals surface area contributed by atoms with E-state index in [0.29, 0.717) is 6.42 Å². The van der Waals surface area contributed by atoms with Crippen LogP contribution in [0.3, 0.4) is 0 Å². The maximum Gasteiger partial charge on any atom is 0.338 e. The topological polar surface area (TPSA) is 155 Å². The van der Waals surface area contributed by atoms with Crippen LogP contribution in [0.4, 0.5) is 0 Å². The number of hydrogen-bond acceptors (Lipinski definition) is 7. The van der Waals surface area contributed by atoms with Crippen molar-refractivity contribution >= 4 is 23.8 Å². The van der Waals surface area contributed by atoms with Crippen molar-refractivity contribution in [1.29, 1.82) is 0 Å². The number of esters is 1. The molecule has 0 bridgehead atoms. The van der Waals surface area contributed by atoms with E-state index in [2.05, 4.69) is 10.6 Å². The SMILES string of the molecule is CCOC(=O)C1OC1C(=O)NC(C(=O)NC(C(=O)O)C(C)CC)C(C)O. The van der Waals surface area contributed by atoms with Crippen LogP contribution in [0.15, 0.2) is 0 Å². The molecule has 0 radical (unpaired) electrons. The summed E-state index contributed by atoms with van der Waals surface area (Å²) in [7, 11) is 0. The number of amides is 2. The molecule has 0 aliphatic carbocycles. The molecule has 2 amide bonds. The highest BCUT2D eigenvalue weighted by Gasteiger charge is 2.52. The molecule has 1 heterocycles. The summed E-state index contributed by atoms with van der Waals surface area (Å²) >= 11 is 0. The first-order valence-corrected chi connectivity index (χ1v) is 8.47. The largest absolute Gasteiger partial charge is 0.480 e. The van der Waals surface area contributed by atoms with Crippen molar-refractivity contribution in [2.45, 2.75) is 64.5 Å². The van der Waals surface area contributed by atoms with Gasteiger partial charge in [0.05, 0.1) is 12.7 Å². The summed E-state index contributed by atoms with van der Waals surface area (Å²) in [5.74, 6) is -3.85. The molecule has 26 heavy (non-hydrogen) atoms. The summed E-state index contributed by atoms with van der Waals surface area (Å²) in [6, 6.07) is -2.55. The maximum atomic E-state index is 12.3. The van der Waals surface area contributed by atoms with E-state index in [1.165, 1.54) is 6.92 Å². The number of epoxide rings is 1. The number of carboxylic acid groups (broad SMARTS) is 1. The molecule has 0 aromatic carbocycles. The lowest BCUT2D eigenvalue weighted by Crippen LogP contribution is -2.57. The average Bonchev–Trinajstić information content (AvgIpc) is 3.36. The summed E-state index contributed by atoms with van der Waals surface area (Å²) in [6.07, 6.45) is -2.92. The van der Waals surface area contributed by atoms with Crippen LogP contribution in [0.25, 0.3) is 0 Å². The summed E-state index contributed by atoms with van der Waals surface area (Å²) < 4.78 is 9.66. The van der Waals surface area contributed by atoms with E-state index in [9.17, 15) is 29.4 Å². The second-order valence-electron chi connectivity index (χ2n) is 6.17. The second kappa shape index (κ2) is 9.48. The second-order valence-corrected chi connectivity index (χ2v) is 6.17. The number of ether oxygens (including phenoxy) is 2. The molecule has 10 nitrogen and oxygen atoms in total. The summed E-state index contributed by atoms with van der Waals surface area (Å²) in [4.78, 5) is 47.2. The number of carbonyl (C=O) groups excluding carboxylic acids is 3. The molecule has 6 unspecified atom stereocenters. The van der Waals surface area contributed by atoms with Crippen LogP contribution in [-0.2, 0) is 28.7 Å². The van der Waals surface area contributed by atoms with Crippen LogP contribution >= 0.6 is 0 Å². The minimum Gasteiger partial charge on any atom is -0.480 e. The Balaban J connectivity index is 2.71. The van der Waals surface area contributed by atoms with Crippen LogP contribution in [0, 0.1) is 5.92 Å². The first kappa shape index (κ1) is 21.8. The van der Waals surface area contributed by atoms with E-state index in [1.807, 2.05) is 0 Å². The zero-order valence-electron chi connectivity index (χ0n) is 15.2. The monoisotopic (exact) mass is 374 g/mol. The van der Waals surface area contributed by atoms with E-state index in [-0.39, 0.29) is 12.5 Å². The van der Waals surface area contributed by atoms with Gasteiger partial charge in [0.1, 0.15) is 12.1 Å². The van der Waals surface area contributed by atoms with Gasteiger partial charge in [-0.05, 0) is 19.8 Å². The van der Waals surface area contributed by atoms with Gasteiger partial charge in [0.15, 0.2) is 12.2 Å². The standard InChI is InChI=1S/C16H26N2O8/c1-5-7(3)9(15(22)23)17-13(20)10(8(4)19)18-14(21)11-12(26-11)16(24)25-6-2/h7-12,19H,5-6H2,1-4H3,(H,17,20)(H,18,21)(H,22,23). The van der Waals surface area contributed by atoms with Gasteiger partial charge in [0, 0.05) is 0 Å². The Kier molecular flexibility index (Phi) is 7.97. The number of aliphatic carboxylic acids is 1. The average molecular weight is 374 g/mol. The van der Waals surface area contributed by atoms with Crippen molar-refractivity contribution < 1.29 is 38.9 Å². The summed E-state index contributed by atoms with van der Waals surface area (Å²) in [5.41, 5.74) is 0. The molecule has 148 valence electrons. The number of carboxylic acids is 1. The molecule has 0 spiro atoms. The highest BCUT2D eigenvalue weighted by Crippen LogP contribution is 2.23. The Morgan fingerprint density at radius 2 is 1.69 bits per heavy atom. The molecule has 1 saturated heterocycles. The van der Waals surface area contributed by atoms with Crippen LogP contribution < -0.4 is 10.6 Å². The highest BCUT2D eigenvalue weighted by atomic mass is 16.6. The van der Waals surface area contributed by atoms with E-state index < -0.39 is 54.1 Å². The molecule has 0 aromatic rings. The molecular formula is C16H26N2O8. The van der Waals surface area contributed by atoms with Crippen molar-refractivity contribution in [1.82, 2.24) is 10.6 Å². The molecule has 1 rings (SSSR count). The van der Waals surface area contributed by atoms with Gasteiger partial charge in [-0.2, -0.15) is 0 Å². The normalized spacial score (nSPS) is 23.1. The third kappa shape index (κ3) is 5.67. The Bertz CT molecular complexity index is 550. The zero-order chi connectivity index (χ0) is 20.0. The zero-order valence-corrected chi connectivity index (χ0v) is 15.2. The third-order valence-electron chi connectivity index (χ3n) is 4.11. The molecule has 6 atom stereocenters. The predicted molar refractivity (Wildman–Crippen MR) is 87.9 cm³/mol. The fourth-order valence-electron chi connectivity index (χ4n) is 2.28. The Labute approximate surface area is 151 Å². The van der Waals surface area contributed by atoms with Crippen molar-refractivity contribution in [3.05, 3.63) is 0 Å². The molecule has 1 fully saturated rings. The predicted octanol–water partition coefficient (Wildman–Crippen LogP) is -1.20. The van der Waals surface area contributed by atoms with Crippen LogP contribution in [-0.4, -0.2) is 71.0 Å². The van der Waals surface area contributed by atoms with Crippen LogP contribution in [0.5, 0.6) is 0 Å². The minimum atomic E-state index is -1.39. The molecule has 1 aliphatic rings. The molecule has 10 heteroatoms. The molecule has 1 aliphatic heterocycles. The van der Waals surface area contributed by atoms with Crippen molar-refractivity contribution in [2.24, 2.45) is 5.92 Å². The number of carbonyl (C=O) groups is 4. The molecule has 0 aromatic heterocycles. The van der Waals surface area contributed by atoms with E-state index in [0.717, 1.165) is 0 Å². The Morgan fingerprint density at radius 3 is 2.15 bits per heavy atom. The van der Waals surface area contributed by atoms with Gasteiger partial charge in [0.25, 0.3) is 5.91 Å². The Hall–Kier alpha value is -2.20. The lowest BCUT2D eigenvalue weighted by atomic mass is 9.98. The van der Waals surface area contributed by atoms with Crippen LogP contribution in [0.1, 0.15) is 34.1 Å². The number of aliphatic hydroxyl groups is 1. The van der Waals surface area contributed by atoms with Gasteiger partial charge in [-0.3, -0.25) is 9.59 Å². The number of nitrogens with one attached hydrogen (secondary N) is 2. The number of rotatable bonds is 10. The van der Waals surface area contributed by atoms with Gasteiger partial charge in [0.2, 0.25) is 5.91 Å². The smallest absolute Gasteiger partial charge is 0.338 e. The first-order chi connectivity index (χ1) is 12.1. The van der Waals surface area contributed by atoms with E-state index >= 15 is 0 Å². The lowest BCUT2D eigenvalue weighted by molar-refractivity contribution is -0.145. The van der Waals surface area contributed by atoms with Crippen molar-refractivity contribution in [3.63, 3.8) is 0 Å². The Morgan fingerprint density at radius 1 is 1.08 bits per heavy atom. The maximum absolute atomic E-state index is 12.3. The number of hydrogen-bond donors (Lipinski definition) is 4. The van der Waals surface area contributed by atoms with E-state index in [1.54, 1.807) is 20.8 Å². The number of aliphatic hydroxyl groups excluding tert-OH is 1. The fourth-order valence-corrected chi connectivity index (χ4v) is 2.28. The van der Waals surface area contributed by atoms with Crippen molar-refractivity contribution in [3.8, 4) is 0 Å². The molecular weight excluding hydrogens is 348 g/mol. The van der Waals surface area contributed by atoms with Gasteiger partial charge in [-0.25, -0.2) is 9.59 Å². The summed E-state index contributed by atoms with van der Waals surface area (Å²) in [6.45, 7) is 6.47. The molecule has 0 saturated carbocycles. The van der Waals surface area contributed by atoms with Gasteiger partial charge < -0.3 is 30.3 Å². The molecule has 4 N–H and O–H groups in total. The lowest BCUT2D eigenvalue weighted by Gasteiger charge is -2.25. The van der Waals surface area contributed by atoms with Gasteiger partial charge >= 0.3 is 11.9 Å². The first-order valence-electron chi connectivity index (χ1n) is 8.47.